The largest absolute Gasteiger partial charge is 0.392 e. The third-order valence-corrected chi connectivity index (χ3v) is 4.28. The molecule has 1 aliphatic rings. The molecule has 0 bridgehead atoms. The van der Waals surface area contributed by atoms with Crippen LogP contribution in [-0.4, -0.2) is 59.0 Å². The molecule has 0 spiro atoms. The highest BCUT2D eigenvalue weighted by Crippen LogP contribution is 2.17. The van der Waals surface area contributed by atoms with E-state index in [2.05, 4.69) is 23.6 Å². The minimum atomic E-state index is -0.239. The van der Waals surface area contributed by atoms with Crippen LogP contribution in [0.1, 0.15) is 20.8 Å². The van der Waals surface area contributed by atoms with Gasteiger partial charge in [0.1, 0.15) is 0 Å². The summed E-state index contributed by atoms with van der Waals surface area (Å²) >= 11 is 5.11. The standard InChI is InChI=1S/C12H24N4OS/c1-9(10(13)17)8-15-4-6-16(7-5-15)12(2,3)11(14)18/h9H,4-8H2,1-3H3,(H2,13,17)(H2,14,18). The van der Waals surface area contributed by atoms with Crippen molar-refractivity contribution in [2.75, 3.05) is 32.7 Å². The number of carbonyl (C=O) groups excluding carboxylic acids is 1. The van der Waals surface area contributed by atoms with Gasteiger partial charge in [-0.05, 0) is 13.8 Å². The normalized spacial score (nSPS) is 20.6. The summed E-state index contributed by atoms with van der Waals surface area (Å²) in [5, 5.41) is 0. The highest BCUT2D eigenvalue weighted by molar-refractivity contribution is 7.80. The van der Waals surface area contributed by atoms with E-state index in [0.29, 0.717) is 4.99 Å². The lowest BCUT2D eigenvalue weighted by Gasteiger charge is -2.43. The van der Waals surface area contributed by atoms with E-state index < -0.39 is 0 Å². The van der Waals surface area contributed by atoms with Crippen molar-refractivity contribution in [2.45, 2.75) is 26.3 Å². The lowest BCUT2D eigenvalue weighted by Crippen LogP contribution is -2.59. The topological polar surface area (TPSA) is 75.6 Å². The first-order valence-electron chi connectivity index (χ1n) is 6.31. The minimum absolute atomic E-state index is 0.0971. The summed E-state index contributed by atoms with van der Waals surface area (Å²) < 4.78 is 0. The van der Waals surface area contributed by atoms with Crippen molar-refractivity contribution in [3.63, 3.8) is 0 Å². The molecule has 18 heavy (non-hydrogen) atoms. The van der Waals surface area contributed by atoms with E-state index in [1.54, 1.807) is 0 Å². The van der Waals surface area contributed by atoms with E-state index in [0.717, 1.165) is 32.7 Å². The van der Waals surface area contributed by atoms with Crippen molar-refractivity contribution in [3.8, 4) is 0 Å². The SMILES string of the molecule is CC(CN1CCN(C(C)(C)C(N)=S)CC1)C(N)=O. The van der Waals surface area contributed by atoms with Crippen LogP contribution in [0, 0.1) is 5.92 Å². The van der Waals surface area contributed by atoms with Gasteiger partial charge in [0, 0.05) is 38.6 Å². The first-order valence-corrected chi connectivity index (χ1v) is 6.72. The van der Waals surface area contributed by atoms with Crippen LogP contribution in [-0.2, 0) is 4.79 Å². The molecule has 0 aliphatic carbocycles. The summed E-state index contributed by atoms with van der Waals surface area (Å²) in [5.74, 6) is -0.332. The molecule has 0 saturated carbocycles. The second-order valence-electron chi connectivity index (χ2n) is 5.51. The number of hydrogen-bond acceptors (Lipinski definition) is 4. The Morgan fingerprint density at radius 2 is 1.78 bits per heavy atom. The fourth-order valence-electron chi connectivity index (χ4n) is 2.12. The molecule has 4 N–H and O–H groups in total. The van der Waals surface area contributed by atoms with Crippen molar-refractivity contribution in [3.05, 3.63) is 0 Å². The van der Waals surface area contributed by atoms with Crippen LogP contribution in [0.25, 0.3) is 0 Å². The summed E-state index contributed by atoms with van der Waals surface area (Å²) in [6.45, 7) is 10.4. The molecule has 1 saturated heterocycles. The van der Waals surface area contributed by atoms with Crippen LogP contribution >= 0.6 is 12.2 Å². The van der Waals surface area contributed by atoms with E-state index >= 15 is 0 Å². The van der Waals surface area contributed by atoms with Gasteiger partial charge in [-0.2, -0.15) is 0 Å². The highest BCUT2D eigenvalue weighted by atomic mass is 32.1. The monoisotopic (exact) mass is 272 g/mol. The smallest absolute Gasteiger partial charge is 0.221 e. The van der Waals surface area contributed by atoms with E-state index in [4.69, 9.17) is 23.7 Å². The summed E-state index contributed by atoms with van der Waals surface area (Å²) in [6.07, 6.45) is 0. The number of carbonyl (C=O) groups is 1. The first-order chi connectivity index (χ1) is 8.25. The Hall–Kier alpha value is -0.720. The van der Waals surface area contributed by atoms with Crippen LogP contribution in [0.4, 0.5) is 0 Å². The van der Waals surface area contributed by atoms with Crippen LogP contribution < -0.4 is 11.5 Å². The summed E-state index contributed by atoms with van der Waals surface area (Å²) in [5.41, 5.74) is 10.8. The molecule has 6 heteroatoms. The lowest BCUT2D eigenvalue weighted by molar-refractivity contribution is -0.122. The van der Waals surface area contributed by atoms with E-state index in [-0.39, 0.29) is 17.4 Å². The second kappa shape index (κ2) is 5.95. The third kappa shape index (κ3) is 3.63. The number of rotatable bonds is 5. The molecule has 1 heterocycles. The average molecular weight is 272 g/mol. The Kier molecular flexibility index (Phi) is 5.07. The fraction of sp³-hybridized carbons (Fsp3) is 0.833. The van der Waals surface area contributed by atoms with E-state index in [9.17, 15) is 4.79 Å². The maximum atomic E-state index is 11.0. The van der Waals surface area contributed by atoms with Gasteiger partial charge < -0.3 is 16.4 Å². The minimum Gasteiger partial charge on any atom is -0.392 e. The number of thiocarbonyl (C=S) groups is 1. The molecule has 0 aromatic heterocycles. The van der Waals surface area contributed by atoms with Crippen LogP contribution in [0.3, 0.4) is 0 Å². The molecule has 1 fully saturated rings. The van der Waals surface area contributed by atoms with Crippen LogP contribution in [0.5, 0.6) is 0 Å². The van der Waals surface area contributed by atoms with Gasteiger partial charge in [0.15, 0.2) is 0 Å². The maximum absolute atomic E-state index is 11.0. The number of nitrogens with two attached hydrogens (primary N) is 2. The number of primary amides is 1. The summed E-state index contributed by atoms with van der Waals surface area (Å²) in [6, 6.07) is 0. The van der Waals surface area contributed by atoms with Gasteiger partial charge in [0.05, 0.1) is 10.5 Å². The van der Waals surface area contributed by atoms with E-state index in [1.807, 2.05) is 6.92 Å². The Labute approximate surface area is 114 Å². The zero-order valence-corrected chi connectivity index (χ0v) is 12.3. The molecule has 1 amide bonds. The highest BCUT2D eigenvalue weighted by Gasteiger charge is 2.32. The summed E-state index contributed by atoms with van der Waals surface area (Å²) in [7, 11) is 0. The first kappa shape index (κ1) is 15.3. The molecular weight excluding hydrogens is 248 g/mol. The van der Waals surface area contributed by atoms with Crippen molar-refractivity contribution >= 4 is 23.1 Å². The predicted octanol–water partition coefficient (Wildman–Crippen LogP) is -0.210. The number of hydrogen-bond donors (Lipinski definition) is 2. The van der Waals surface area contributed by atoms with Gasteiger partial charge in [0.25, 0.3) is 0 Å². The van der Waals surface area contributed by atoms with Gasteiger partial charge in [-0.15, -0.1) is 0 Å². The lowest BCUT2D eigenvalue weighted by atomic mass is 10.0. The fourth-order valence-corrected chi connectivity index (χ4v) is 2.25. The second-order valence-corrected chi connectivity index (χ2v) is 5.95. The van der Waals surface area contributed by atoms with Crippen molar-refractivity contribution < 1.29 is 4.79 Å². The van der Waals surface area contributed by atoms with Gasteiger partial charge in [-0.25, -0.2) is 0 Å². The Morgan fingerprint density at radius 3 is 2.17 bits per heavy atom. The number of amides is 1. The van der Waals surface area contributed by atoms with Crippen molar-refractivity contribution in [1.29, 1.82) is 0 Å². The van der Waals surface area contributed by atoms with E-state index in [1.165, 1.54) is 0 Å². The quantitative estimate of drug-likeness (QED) is 0.677. The zero-order valence-electron chi connectivity index (χ0n) is 11.5. The molecule has 1 rings (SSSR count). The van der Waals surface area contributed by atoms with Gasteiger partial charge in [-0.1, -0.05) is 19.1 Å². The Balaban J connectivity index is 2.46. The number of nitrogens with zero attached hydrogens (tertiary/aromatic N) is 2. The number of piperazine rings is 1. The Bertz CT molecular complexity index is 324. The zero-order chi connectivity index (χ0) is 13.9. The van der Waals surface area contributed by atoms with Crippen LogP contribution in [0.15, 0.2) is 0 Å². The third-order valence-electron chi connectivity index (χ3n) is 3.78. The molecule has 1 aliphatic heterocycles. The molecule has 0 aromatic rings. The molecule has 1 atom stereocenters. The van der Waals surface area contributed by atoms with Crippen LogP contribution in [0.2, 0.25) is 0 Å². The van der Waals surface area contributed by atoms with Gasteiger partial charge in [0.2, 0.25) is 5.91 Å². The Morgan fingerprint density at radius 1 is 1.28 bits per heavy atom. The average Bonchev–Trinajstić information content (AvgIpc) is 2.29. The maximum Gasteiger partial charge on any atom is 0.221 e. The van der Waals surface area contributed by atoms with Gasteiger partial charge in [-0.3, -0.25) is 9.69 Å². The molecular formula is C12H24N4OS. The molecule has 0 radical (unpaired) electrons. The molecule has 0 aromatic carbocycles. The predicted molar refractivity (Wildman–Crippen MR) is 77.2 cm³/mol. The summed E-state index contributed by atoms with van der Waals surface area (Å²) in [4.78, 5) is 16.1. The molecule has 1 unspecified atom stereocenters. The van der Waals surface area contributed by atoms with Crippen molar-refractivity contribution in [1.82, 2.24) is 9.80 Å². The van der Waals surface area contributed by atoms with Gasteiger partial charge >= 0.3 is 0 Å². The molecule has 104 valence electrons. The molecule has 5 nitrogen and oxygen atoms in total. The van der Waals surface area contributed by atoms with Crippen molar-refractivity contribution in [2.24, 2.45) is 17.4 Å².